The van der Waals surface area contributed by atoms with Crippen LogP contribution in [0.25, 0.3) is 17.7 Å². The molecular formula is C27H22ClNO5. The number of nitrogens with zero attached hydrogens (tertiary/aromatic N) is 1. The lowest BCUT2D eigenvalue weighted by Gasteiger charge is -2.09. The average Bonchev–Trinajstić information content (AvgIpc) is 2.87. The van der Waals surface area contributed by atoms with Crippen molar-refractivity contribution in [3.8, 4) is 29.1 Å². The normalized spacial score (nSPS) is 11.1. The van der Waals surface area contributed by atoms with Crippen molar-refractivity contribution in [3.05, 3.63) is 88.5 Å². The van der Waals surface area contributed by atoms with Gasteiger partial charge in [0, 0.05) is 11.1 Å². The van der Waals surface area contributed by atoms with Crippen molar-refractivity contribution in [3.63, 3.8) is 0 Å². The molecule has 172 valence electrons. The smallest absolute Gasteiger partial charge is 0.336 e. The van der Waals surface area contributed by atoms with Gasteiger partial charge in [-0.25, -0.2) is 4.79 Å². The van der Waals surface area contributed by atoms with Gasteiger partial charge in [0.1, 0.15) is 0 Å². The predicted molar refractivity (Wildman–Crippen MR) is 132 cm³/mol. The standard InChI is InChI=1S/C27H22ClNO5/c1-31-23-11-4-18(15-25(23)32-2)6-13-27(30)34-24-12-5-19(16-26(24)33-3)14-21(17-29)20-7-9-22(28)10-8-20/h4-16H,1-3H3/b13-6+,21-14-. The molecule has 0 spiro atoms. The number of ether oxygens (including phenoxy) is 4. The molecule has 0 amide bonds. The lowest BCUT2D eigenvalue weighted by atomic mass is 10.0. The van der Waals surface area contributed by atoms with Crippen molar-refractivity contribution >= 4 is 35.3 Å². The first kappa shape index (κ1) is 24.4. The number of carbonyl (C=O) groups excluding carboxylic acids is 1. The Bertz CT molecular complexity index is 1270. The van der Waals surface area contributed by atoms with Crippen LogP contribution < -0.4 is 18.9 Å². The molecule has 0 N–H and O–H groups in total. The number of nitriles is 1. The Labute approximate surface area is 203 Å². The molecule has 7 heteroatoms. The molecule has 0 aliphatic heterocycles. The Morgan fingerprint density at radius 2 is 1.41 bits per heavy atom. The fraction of sp³-hybridized carbons (Fsp3) is 0.111. The SMILES string of the molecule is COc1ccc(/C=C/C(=O)Oc2ccc(/C=C(/C#N)c3ccc(Cl)cc3)cc2OC)cc1OC. The number of methoxy groups -OCH3 is 3. The van der Waals surface area contributed by atoms with Gasteiger partial charge in [-0.2, -0.15) is 5.26 Å². The highest BCUT2D eigenvalue weighted by Gasteiger charge is 2.10. The largest absolute Gasteiger partial charge is 0.493 e. The van der Waals surface area contributed by atoms with Gasteiger partial charge in [0.15, 0.2) is 23.0 Å². The summed E-state index contributed by atoms with van der Waals surface area (Å²) < 4.78 is 21.3. The zero-order chi connectivity index (χ0) is 24.5. The molecule has 0 heterocycles. The van der Waals surface area contributed by atoms with Gasteiger partial charge in [-0.15, -0.1) is 0 Å². The molecule has 0 aliphatic rings. The molecule has 34 heavy (non-hydrogen) atoms. The van der Waals surface area contributed by atoms with E-state index < -0.39 is 5.97 Å². The van der Waals surface area contributed by atoms with E-state index >= 15 is 0 Å². The molecule has 0 aliphatic carbocycles. The molecule has 3 rings (SSSR count). The van der Waals surface area contributed by atoms with Crippen LogP contribution in [-0.2, 0) is 4.79 Å². The molecule has 0 saturated carbocycles. The molecular weight excluding hydrogens is 454 g/mol. The van der Waals surface area contributed by atoms with Gasteiger partial charge in [-0.1, -0.05) is 35.9 Å². The first-order valence-electron chi connectivity index (χ1n) is 10.1. The van der Waals surface area contributed by atoms with Gasteiger partial charge < -0.3 is 18.9 Å². The molecule has 0 fully saturated rings. The van der Waals surface area contributed by atoms with Crippen LogP contribution in [0.2, 0.25) is 5.02 Å². The zero-order valence-electron chi connectivity index (χ0n) is 18.9. The summed E-state index contributed by atoms with van der Waals surface area (Å²) in [6.07, 6.45) is 4.64. The van der Waals surface area contributed by atoms with Crippen LogP contribution in [0.3, 0.4) is 0 Å². The molecule has 0 radical (unpaired) electrons. The number of hydrogen-bond donors (Lipinski definition) is 0. The van der Waals surface area contributed by atoms with E-state index in [2.05, 4.69) is 6.07 Å². The van der Waals surface area contributed by atoms with Crippen LogP contribution >= 0.6 is 11.6 Å². The third kappa shape index (κ3) is 6.18. The summed E-state index contributed by atoms with van der Waals surface area (Å²) >= 11 is 5.93. The molecule has 0 bridgehead atoms. The monoisotopic (exact) mass is 475 g/mol. The minimum absolute atomic E-state index is 0.256. The lowest BCUT2D eigenvalue weighted by Crippen LogP contribution is -2.05. The molecule has 6 nitrogen and oxygen atoms in total. The Balaban J connectivity index is 1.77. The summed E-state index contributed by atoms with van der Waals surface area (Å²) in [5.41, 5.74) is 2.65. The summed E-state index contributed by atoms with van der Waals surface area (Å²) in [6.45, 7) is 0. The van der Waals surface area contributed by atoms with E-state index in [9.17, 15) is 10.1 Å². The van der Waals surface area contributed by atoms with E-state index in [1.165, 1.54) is 13.2 Å². The number of allylic oxidation sites excluding steroid dienone is 1. The van der Waals surface area contributed by atoms with E-state index in [1.54, 1.807) is 87.0 Å². The topological polar surface area (TPSA) is 77.8 Å². The minimum Gasteiger partial charge on any atom is -0.493 e. The highest BCUT2D eigenvalue weighted by molar-refractivity contribution is 6.30. The van der Waals surface area contributed by atoms with Gasteiger partial charge in [-0.3, -0.25) is 0 Å². The quantitative estimate of drug-likeness (QED) is 0.130. The Hall–Kier alpha value is -4.21. The Morgan fingerprint density at radius 3 is 2.06 bits per heavy atom. The van der Waals surface area contributed by atoms with E-state index in [-0.39, 0.29) is 5.75 Å². The average molecular weight is 476 g/mol. The molecule has 0 aromatic heterocycles. The number of halogens is 1. The molecule has 0 unspecified atom stereocenters. The van der Waals surface area contributed by atoms with Gasteiger partial charge in [0.05, 0.1) is 33.0 Å². The van der Waals surface area contributed by atoms with Gasteiger partial charge in [-0.05, 0) is 65.2 Å². The minimum atomic E-state index is -0.574. The maximum absolute atomic E-state index is 12.4. The second-order valence-corrected chi connectivity index (χ2v) is 7.39. The summed E-state index contributed by atoms with van der Waals surface area (Å²) in [7, 11) is 4.57. The first-order chi connectivity index (χ1) is 16.5. The number of hydrogen-bond acceptors (Lipinski definition) is 6. The van der Waals surface area contributed by atoms with Gasteiger partial charge in [0.2, 0.25) is 0 Å². The molecule has 0 saturated heterocycles. The van der Waals surface area contributed by atoms with Gasteiger partial charge >= 0.3 is 5.97 Å². The fourth-order valence-corrected chi connectivity index (χ4v) is 3.22. The zero-order valence-corrected chi connectivity index (χ0v) is 19.6. The molecule has 3 aromatic rings. The van der Waals surface area contributed by atoms with Crippen molar-refractivity contribution in [2.75, 3.05) is 21.3 Å². The summed E-state index contributed by atoms with van der Waals surface area (Å²) in [5, 5.41) is 10.1. The van der Waals surface area contributed by atoms with E-state index in [4.69, 9.17) is 30.5 Å². The van der Waals surface area contributed by atoms with E-state index in [0.29, 0.717) is 33.4 Å². The third-order valence-electron chi connectivity index (χ3n) is 4.80. The maximum Gasteiger partial charge on any atom is 0.336 e. The third-order valence-corrected chi connectivity index (χ3v) is 5.06. The van der Waals surface area contributed by atoms with E-state index in [1.807, 2.05) is 0 Å². The second kappa shape index (κ2) is 11.6. The highest BCUT2D eigenvalue weighted by atomic mass is 35.5. The first-order valence-corrected chi connectivity index (χ1v) is 10.5. The second-order valence-electron chi connectivity index (χ2n) is 6.96. The van der Waals surface area contributed by atoms with Crippen LogP contribution in [0.4, 0.5) is 0 Å². The fourth-order valence-electron chi connectivity index (χ4n) is 3.10. The molecule has 3 aromatic carbocycles. The Morgan fingerprint density at radius 1 is 0.824 bits per heavy atom. The number of benzene rings is 3. The number of rotatable bonds is 8. The van der Waals surface area contributed by atoms with Crippen LogP contribution in [-0.4, -0.2) is 27.3 Å². The predicted octanol–water partition coefficient (Wildman–Crippen LogP) is 6.05. The van der Waals surface area contributed by atoms with Crippen molar-refractivity contribution in [2.45, 2.75) is 0 Å². The van der Waals surface area contributed by atoms with Crippen LogP contribution in [0.1, 0.15) is 16.7 Å². The van der Waals surface area contributed by atoms with Crippen molar-refractivity contribution in [2.24, 2.45) is 0 Å². The van der Waals surface area contributed by atoms with Crippen LogP contribution in [0.15, 0.2) is 66.7 Å². The summed E-state index contributed by atoms with van der Waals surface area (Å²) in [5.74, 6) is 1.19. The summed E-state index contributed by atoms with van der Waals surface area (Å²) in [4.78, 5) is 12.4. The van der Waals surface area contributed by atoms with Crippen molar-refractivity contribution in [1.29, 1.82) is 5.26 Å². The van der Waals surface area contributed by atoms with Crippen LogP contribution in [0.5, 0.6) is 23.0 Å². The Kier molecular flexibility index (Phi) is 8.33. The number of esters is 1. The van der Waals surface area contributed by atoms with Gasteiger partial charge in [0.25, 0.3) is 0 Å². The van der Waals surface area contributed by atoms with Crippen molar-refractivity contribution in [1.82, 2.24) is 0 Å². The van der Waals surface area contributed by atoms with Crippen molar-refractivity contribution < 1.29 is 23.7 Å². The molecule has 0 atom stereocenters. The highest BCUT2D eigenvalue weighted by Crippen LogP contribution is 2.31. The van der Waals surface area contributed by atoms with E-state index in [0.717, 1.165) is 11.1 Å². The maximum atomic E-state index is 12.4. The lowest BCUT2D eigenvalue weighted by molar-refractivity contribution is -0.129. The number of carbonyl (C=O) groups is 1. The summed E-state index contributed by atoms with van der Waals surface area (Å²) in [6, 6.07) is 19.5. The van der Waals surface area contributed by atoms with Crippen LogP contribution in [0, 0.1) is 11.3 Å².